The molecule has 7 nitrogen and oxygen atoms in total. The molecule has 0 saturated heterocycles. The van der Waals surface area contributed by atoms with Crippen molar-refractivity contribution in [1.82, 2.24) is 14.8 Å². The van der Waals surface area contributed by atoms with Crippen LogP contribution in [0, 0.1) is 17.0 Å². The van der Waals surface area contributed by atoms with Gasteiger partial charge in [0.15, 0.2) is 11.0 Å². The quantitative estimate of drug-likeness (QED) is 0.397. The molecule has 1 N–H and O–H groups in total. The summed E-state index contributed by atoms with van der Waals surface area (Å²) in [4.78, 5) is 10.9. The predicted molar refractivity (Wildman–Crippen MR) is 100 cm³/mol. The van der Waals surface area contributed by atoms with E-state index in [9.17, 15) is 15.2 Å². The van der Waals surface area contributed by atoms with E-state index in [1.54, 1.807) is 30.3 Å². The van der Waals surface area contributed by atoms with Gasteiger partial charge in [0.2, 0.25) is 0 Å². The number of nitrogens with zero attached hydrogens (tertiary/aromatic N) is 4. The van der Waals surface area contributed by atoms with Crippen LogP contribution in [0.15, 0.2) is 47.6 Å². The average Bonchev–Trinajstić information content (AvgIpc) is 3.03. The van der Waals surface area contributed by atoms with Crippen LogP contribution in [-0.2, 0) is 12.3 Å². The third kappa shape index (κ3) is 3.70. The molecule has 1 heterocycles. The van der Waals surface area contributed by atoms with Crippen LogP contribution in [0.4, 0.5) is 5.69 Å². The Morgan fingerprint density at radius 1 is 1.19 bits per heavy atom. The fraction of sp³-hybridized carbons (Fsp3) is 0.222. The van der Waals surface area contributed by atoms with Crippen LogP contribution < -0.4 is 0 Å². The van der Waals surface area contributed by atoms with Crippen LogP contribution in [0.5, 0.6) is 5.75 Å². The highest BCUT2D eigenvalue weighted by molar-refractivity contribution is 7.98. The molecule has 0 aliphatic rings. The van der Waals surface area contributed by atoms with Gasteiger partial charge < -0.3 is 9.67 Å². The van der Waals surface area contributed by atoms with Gasteiger partial charge in [0.1, 0.15) is 5.75 Å². The van der Waals surface area contributed by atoms with E-state index in [0.717, 1.165) is 11.1 Å². The molecule has 3 aromatic rings. The molecule has 0 amide bonds. The van der Waals surface area contributed by atoms with E-state index in [4.69, 9.17) is 0 Å². The zero-order chi connectivity index (χ0) is 18.7. The number of phenols is 1. The zero-order valence-electron chi connectivity index (χ0n) is 14.4. The fourth-order valence-electron chi connectivity index (χ4n) is 2.65. The van der Waals surface area contributed by atoms with Crippen molar-refractivity contribution in [2.24, 2.45) is 0 Å². The predicted octanol–water partition coefficient (Wildman–Crippen LogP) is 4.18. The van der Waals surface area contributed by atoms with E-state index >= 15 is 0 Å². The second kappa shape index (κ2) is 7.57. The Morgan fingerprint density at radius 3 is 2.58 bits per heavy atom. The summed E-state index contributed by atoms with van der Waals surface area (Å²) >= 11 is 1.42. The van der Waals surface area contributed by atoms with Crippen molar-refractivity contribution < 1.29 is 10.0 Å². The number of aromatic nitrogens is 3. The highest BCUT2D eigenvalue weighted by atomic mass is 32.2. The molecule has 2 aromatic carbocycles. The Kier molecular flexibility index (Phi) is 5.22. The summed E-state index contributed by atoms with van der Waals surface area (Å²) < 4.78 is 1.96. The molecule has 1 aromatic heterocycles. The Balaban J connectivity index is 1.87. The molecule has 0 spiro atoms. The van der Waals surface area contributed by atoms with Crippen molar-refractivity contribution in [2.75, 3.05) is 0 Å². The number of rotatable bonds is 6. The van der Waals surface area contributed by atoms with Gasteiger partial charge in [-0.15, -0.1) is 10.2 Å². The lowest BCUT2D eigenvalue weighted by atomic mass is 10.1. The number of aryl methyl sites for hydroxylation is 1. The van der Waals surface area contributed by atoms with Crippen LogP contribution in [0.2, 0.25) is 0 Å². The molecule has 0 bridgehead atoms. The monoisotopic (exact) mass is 370 g/mol. The van der Waals surface area contributed by atoms with E-state index in [-0.39, 0.29) is 16.4 Å². The van der Waals surface area contributed by atoms with Gasteiger partial charge in [0, 0.05) is 29.5 Å². The summed E-state index contributed by atoms with van der Waals surface area (Å²) in [5, 5.41) is 29.9. The third-order valence-corrected chi connectivity index (χ3v) is 4.96. The number of hydrogen-bond acceptors (Lipinski definition) is 6. The van der Waals surface area contributed by atoms with E-state index in [1.165, 1.54) is 17.8 Å². The standard InChI is InChI=1S/C18H18N4O3S/c1-3-21-17(13-5-7-15(23)8-6-13)19-20-18(21)26-11-14-10-12(2)4-9-16(14)22(24)25/h4-10,23H,3,11H2,1-2H3. The van der Waals surface area contributed by atoms with Crippen molar-refractivity contribution in [1.29, 1.82) is 0 Å². The summed E-state index contributed by atoms with van der Waals surface area (Å²) in [5.74, 6) is 1.33. The maximum absolute atomic E-state index is 11.2. The lowest BCUT2D eigenvalue weighted by molar-refractivity contribution is -0.385. The second-order valence-corrected chi connectivity index (χ2v) is 6.72. The smallest absolute Gasteiger partial charge is 0.273 e. The number of aromatic hydroxyl groups is 1. The summed E-state index contributed by atoms with van der Waals surface area (Å²) in [5.41, 5.74) is 2.61. The molecule has 0 fully saturated rings. The lowest BCUT2D eigenvalue weighted by Gasteiger charge is -2.08. The Morgan fingerprint density at radius 2 is 1.92 bits per heavy atom. The number of thioether (sulfide) groups is 1. The van der Waals surface area contributed by atoms with Gasteiger partial charge in [-0.3, -0.25) is 10.1 Å². The molecule has 0 radical (unpaired) electrons. The van der Waals surface area contributed by atoms with E-state index in [1.807, 2.05) is 24.5 Å². The normalized spacial score (nSPS) is 10.8. The van der Waals surface area contributed by atoms with Gasteiger partial charge in [-0.25, -0.2) is 0 Å². The number of hydrogen-bond donors (Lipinski definition) is 1. The first-order valence-corrected chi connectivity index (χ1v) is 9.07. The molecule has 8 heteroatoms. The molecule has 134 valence electrons. The van der Waals surface area contributed by atoms with Gasteiger partial charge in [-0.2, -0.15) is 0 Å². The minimum absolute atomic E-state index is 0.115. The Bertz CT molecular complexity index is 938. The van der Waals surface area contributed by atoms with Crippen LogP contribution >= 0.6 is 11.8 Å². The van der Waals surface area contributed by atoms with Gasteiger partial charge >= 0.3 is 0 Å². The van der Waals surface area contributed by atoms with Crippen LogP contribution in [0.1, 0.15) is 18.1 Å². The molecular weight excluding hydrogens is 352 g/mol. The molecular formula is C18H18N4O3S. The van der Waals surface area contributed by atoms with E-state index in [0.29, 0.717) is 28.8 Å². The highest BCUT2D eigenvalue weighted by Gasteiger charge is 2.17. The Hall–Kier alpha value is -2.87. The van der Waals surface area contributed by atoms with E-state index < -0.39 is 0 Å². The summed E-state index contributed by atoms with van der Waals surface area (Å²) in [6.45, 7) is 4.57. The molecule has 26 heavy (non-hydrogen) atoms. The van der Waals surface area contributed by atoms with Crippen molar-refractivity contribution >= 4 is 17.4 Å². The van der Waals surface area contributed by atoms with Gasteiger partial charge in [-0.1, -0.05) is 23.4 Å². The first kappa shape index (κ1) is 17.9. The third-order valence-electron chi connectivity index (χ3n) is 3.95. The largest absolute Gasteiger partial charge is 0.508 e. The highest BCUT2D eigenvalue weighted by Crippen LogP contribution is 2.30. The molecule has 0 atom stereocenters. The second-order valence-electron chi connectivity index (χ2n) is 5.78. The van der Waals surface area contributed by atoms with Gasteiger partial charge in [0.05, 0.1) is 4.92 Å². The van der Waals surface area contributed by atoms with Gasteiger partial charge in [-0.05, 0) is 44.2 Å². The summed E-state index contributed by atoms with van der Waals surface area (Å²) in [7, 11) is 0. The van der Waals surface area contributed by atoms with Crippen molar-refractivity contribution in [3.63, 3.8) is 0 Å². The van der Waals surface area contributed by atoms with E-state index in [2.05, 4.69) is 10.2 Å². The van der Waals surface area contributed by atoms with Crippen molar-refractivity contribution in [2.45, 2.75) is 31.3 Å². The number of benzene rings is 2. The zero-order valence-corrected chi connectivity index (χ0v) is 15.2. The first-order valence-electron chi connectivity index (χ1n) is 8.09. The molecule has 0 aliphatic heterocycles. The fourth-order valence-corrected chi connectivity index (χ4v) is 3.64. The molecule has 0 saturated carbocycles. The van der Waals surface area contributed by atoms with Crippen LogP contribution in [-0.4, -0.2) is 24.8 Å². The lowest BCUT2D eigenvalue weighted by Crippen LogP contribution is -2.00. The van der Waals surface area contributed by atoms with Crippen LogP contribution in [0.3, 0.4) is 0 Å². The average molecular weight is 370 g/mol. The molecule has 3 rings (SSSR count). The minimum Gasteiger partial charge on any atom is -0.508 e. The molecule has 0 aliphatic carbocycles. The maximum atomic E-state index is 11.2. The minimum atomic E-state index is -0.359. The van der Waals surface area contributed by atoms with Crippen molar-refractivity contribution in [3.8, 4) is 17.1 Å². The molecule has 0 unspecified atom stereocenters. The first-order chi connectivity index (χ1) is 12.5. The number of phenolic OH excluding ortho intramolecular Hbond substituents is 1. The maximum Gasteiger partial charge on any atom is 0.273 e. The summed E-state index contributed by atoms with van der Waals surface area (Å²) in [6.07, 6.45) is 0. The topological polar surface area (TPSA) is 94.1 Å². The van der Waals surface area contributed by atoms with Gasteiger partial charge in [0.25, 0.3) is 5.69 Å². The summed E-state index contributed by atoms with van der Waals surface area (Å²) in [6, 6.07) is 11.9. The number of nitro benzene ring substituents is 1. The van der Waals surface area contributed by atoms with Crippen LogP contribution in [0.25, 0.3) is 11.4 Å². The SMILES string of the molecule is CCn1c(SCc2cc(C)ccc2[N+](=O)[O-])nnc1-c1ccc(O)cc1. The number of nitro groups is 1. The van der Waals surface area contributed by atoms with Crippen molar-refractivity contribution in [3.05, 3.63) is 63.7 Å². The Labute approximate surface area is 154 Å².